The van der Waals surface area contributed by atoms with E-state index < -0.39 is 0 Å². The summed E-state index contributed by atoms with van der Waals surface area (Å²) < 4.78 is 12.7. The van der Waals surface area contributed by atoms with Crippen LogP contribution in [0.5, 0.6) is 11.5 Å². The molecule has 21 heavy (non-hydrogen) atoms. The Kier molecular flexibility index (Phi) is 4.85. The van der Waals surface area contributed by atoms with Gasteiger partial charge in [0.2, 0.25) is 0 Å². The number of aryl methyl sites for hydroxylation is 2. The second kappa shape index (κ2) is 6.63. The summed E-state index contributed by atoms with van der Waals surface area (Å²) in [6.45, 7) is 4.94. The Bertz CT molecular complexity index is 608. The second-order valence-electron chi connectivity index (χ2n) is 4.93. The van der Waals surface area contributed by atoms with Crippen LogP contribution in [0.2, 0.25) is 0 Å². The molecule has 0 amide bonds. The summed E-state index contributed by atoms with van der Waals surface area (Å²) in [6.07, 6.45) is 0. The number of aromatic nitrogens is 2. The van der Waals surface area contributed by atoms with E-state index in [9.17, 15) is 0 Å². The average molecular weight is 289 g/mol. The molecule has 114 valence electrons. The largest absolute Gasteiger partial charge is 0.497 e. The molecule has 2 rings (SSSR count). The Balaban J connectivity index is 2.50. The highest BCUT2D eigenvalue weighted by Gasteiger charge is 2.21. The molecule has 0 saturated carbocycles. The molecular weight excluding hydrogens is 266 g/mol. The highest BCUT2D eigenvalue weighted by atomic mass is 16.5. The zero-order valence-electron chi connectivity index (χ0n) is 13.3. The van der Waals surface area contributed by atoms with Crippen molar-refractivity contribution in [1.82, 2.24) is 15.1 Å². The number of nitrogens with one attached hydrogen (secondary N) is 1. The lowest BCUT2D eigenvalue weighted by Crippen LogP contribution is -2.24. The number of rotatable bonds is 6. The van der Waals surface area contributed by atoms with E-state index in [-0.39, 0.29) is 6.04 Å². The van der Waals surface area contributed by atoms with Crippen LogP contribution in [-0.4, -0.2) is 30.5 Å². The number of hydrogen-bond acceptors (Lipinski definition) is 4. The molecule has 1 aromatic carbocycles. The smallest absolute Gasteiger partial charge is 0.127 e. The number of benzene rings is 1. The predicted octanol–water partition coefficient (Wildman–Crippen LogP) is 2.44. The second-order valence-corrected chi connectivity index (χ2v) is 4.93. The van der Waals surface area contributed by atoms with Crippen molar-refractivity contribution in [2.75, 3.05) is 20.8 Å². The molecule has 0 aliphatic carbocycles. The first-order valence-electron chi connectivity index (χ1n) is 7.06. The van der Waals surface area contributed by atoms with Gasteiger partial charge < -0.3 is 14.8 Å². The van der Waals surface area contributed by atoms with Gasteiger partial charge in [-0.05, 0) is 31.7 Å². The topological polar surface area (TPSA) is 48.3 Å². The summed E-state index contributed by atoms with van der Waals surface area (Å²) in [5.41, 5.74) is 3.18. The van der Waals surface area contributed by atoms with Crippen molar-refractivity contribution in [3.63, 3.8) is 0 Å². The average Bonchev–Trinajstić information content (AvgIpc) is 2.82. The Morgan fingerprint density at radius 3 is 2.52 bits per heavy atom. The monoisotopic (exact) mass is 289 g/mol. The lowest BCUT2D eigenvalue weighted by atomic mass is 10.0. The molecule has 5 nitrogen and oxygen atoms in total. The maximum absolute atomic E-state index is 5.53. The fourth-order valence-electron chi connectivity index (χ4n) is 2.54. The predicted molar refractivity (Wildman–Crippen MR) is 83.0 cm³/mol. The van der Waals surface area contributed by atoms with Gasteiger partial charge in [0.05, 0.1) is 31.6 Å². The summed E-state index contributed by atoms with van der Waals surface area (Å²) in [7, 11) is 5.29. The van der Waals surface area contributed by atoms with Crippen LogP contribution in [0, 0.1) is 6.92 Å². The molecule has 0 aliphatic heterocycles. The zero-order valence-corrected chi connectivity index (χ0v) is 13.3. The van der Waals surface area contributed by atoms with Crippen molar-refractivity contribution in [1.29, 1.82) is 0 Å². The maximum Gasteiger partial charge on any atom is 0.127 e. The molecule has 1 aromatic heterocycles. The van der Waals surface area contributed by atoms with Gasteiger partial charge in [0.15, 0.2) is 0 Å². The van der Waals surface area contributed by atoms with E-state index in [1.165, 1.54) is 0 Å². The van der Waals surface area contributed by atoms with Crippen LogP contribution in [0.4, 0.5) is 0 Å². The van der Waals surface area contributed by atoms with Gasteiger partial charge in [-0.1, -0.05) is 6.92 Å². The lowest BCUT2D eigenvalue weighted by Gasteiger charge is -2.21. The van der Waals surface area contributed by atoms with Crippen molar-refractivity contribution in [3.05, 3.63) is 41.2 Å². The number of methoxy groups -OCH3 is 2. The number of hydrogen-bond donors (Lipinski definition) is 1. The molecule has 0 radical (unpaired) electrons. The molecule has 0 spiro atoms. The van der Waals surface area contributed by atoms with Crippen LogP contribution >= 0.6 is 0 Å². The van der Waals surface area contributed by atoms with Crippen LogP contribution in [-0.2, 0) is 7.05 Å². The molecule has 1 atom stereocenters. The minimum absolute atomic E-state index is 0.0297. The van der Waals surface area contributed by atoms with E-state index in [4.69, 9.17) is 9.47 Å². The van der Waals surface area contributed by atoms with E-state index in [1.807, 2.05) is 36.9 Å². The third-order valence-electron chi connectivity index (χ3n) is 3.49. The molecule has 2 aromatic rings. The van der Waals surface area contributed by atoms with Crippen molar-refractivity contribution in [3.8, 4) is 11.5 Å². The highest BCUT2D eigenvalue weighted by Crippen LogP contribution is 2.33. The van der Waals surface area contributed by atoms with Crippen molar-refractivity contribution in [2.24, 2.45) is 7.05 Å². The molecular formula is C16H23N3O2. The van der Waals surface area contributed by atoms with Crippen LogP contribution in [0.25, 0.3) is 0 Å². The molecule has 0 fully saturated rings. The van der Waals surface area contributed by atoms with Crippen LogP contribution in [0.3, 0.4) is 0 Å². The SMILES string of the molecule is CCNC(c1ccc(OC)cc1OC)c1cc(C)nn1C. The normalized spacial score (nSPS) is 12.2. The quantitative estimate of drug-likeness (QED) is 0.887. The lowest BCUT2D eigenvalue weighted by molar-refractivity contribution is 0.386. The minimum Gasteiger partial charge on any atom is -0.497 e. The maximum atomic E-state index is 5.53. The third kappa shape index (κ3) is 3.19. The highest BCUT2D eigenvalue weighted by molar-refractivity contribution is 5.45. The Labute approximate surface area is 125 Å². The standard InChI is InChI=1S/C16H23N3O2/c1-6-17-16(14-9-11(2)18-19(14)3)13-8-7-12(20-4)10-15(13)21-5/h7-10,16-17H,6H2,1-5H3. The van der Waals surface area contributed by atoms with Crippen LogP contribution < -0.4 is 14.8 Å². The fraction of sp³-hybridized carbons (Fsp3) is 0.438. The Hall–Kier alpha value is -2.01. The van der Waals surface area contributed by atoms with Crippen LogP contribution in [0.15, 0.2) is 24.3 Å². The first-order valence-corrected chi connectivity index (χ1v) is 7.06. The van der Waals surface area contributed by atoms with Crippen molar-refractivity contribution in [2.45, 2.75) is 19.9 Å². The molecule has 5 heteroatoms. The van der Waals surface area contributed by atoms with Gasteiger partial charge in [0.25, 0.3) is 0 Å². The van der Waals surface area contributed by atoms with Crippen molar-refractivity contribution >= 4 is 0 Å². The van der Waals surface area contributed by atoms with E-state index >= 15 is 0 Å². The van der Waals surface area contributed by atoms with Gasteiger partial charge in [0, 0.05) is 18.7 Å². The number of ether oxygens (including phenoxy) is 2. The Morgan fingerprint density at radius 1 is 1.24 bits per heavy atom. The summed E-state index contributed by atoms with van der Waals surface area (Å²) in [5, 5.41) is 7.94. The summed E-state index contributed by atoms with van der Waals surface area (Å²) in [6, 6.07) is 8.01. The third-order valence-corrected chi connectivity index (χ3v) is 3.49. The zero-order chi connectivity index (χ0) is 15.4. The van der Waals surface area contributed by atoms with Gasteiger partial charge in [-0.2, -0.15) is 5.10 Å². The van der Waals surface area contributed by atoms with E-state index in [0.29, 0.717) is 0 Å². The van der Waals surface area contributed by atoms with E-state index in [0.717, 1.165) is 35.0 Å². The van der Waals surface area contributed by atoms with Gasteiger partial charge in [-0.15, -0.1) is 0 Å². The number of nitrogens with zero attached hydrogens (tertiary/aromatic N) is 2. The summed E-state index contributed by atoms with van der Waals surface area (Å²) in [5.74, 6) is 1.59. The molecule has 1 unspecified atom stereocenters. The van der Waals surface area contributed by atoms with Gasteiger partial charge in [0.1, 0.15) is 11.5 Å². The van der Waals surface area contributed by atoms with E-state index in [2.05, 4.69) is 23.4 Å². The first-order chi connectivity index (χ1) is 10.1. The summed E-state index contributed by atoms with van der Waals surface area (Å²) in [4.78, 5) is 0. The summed E-state index contributed by atoms with van der Waals surface area (Å²) >= 11 is 0. The molecule has 0 bridgehead atoms. The van der Waals surface area contributed by atoms with Gasteiger partial charge >= 0.3 is 0 Å². The van der Waals surface area contributed by atoms with Crippen molar-refractivity contribution < 1.29 is 9.47 Å². The minimum atomic E-state index is 0.0297. The first kappa shape index (κ1) is 15.4. The van der Waals surface area contributed by atoms with Gasteiger partial charge in [-0.25, -0.2) is 0 Å². The van der Waals surface area contributed by atoms with Gasteiger partial charge in [-0.3, -0.25) is 4.68 Å². The van der Waals surface area contributed by atoms with Crippen LogP contribution in [0.1, 0.15) is 29.9 Å². The van der Waals surface area contributed by atoms with E-state index in [1.54, 1.807) is 14.2 Å². The Morgan fingerprint density at radius 2 is 2.00 bits per heavy atom. The molecule has 1 N–H and O–H groups in total. The molecule has 0 saturated heterocycles. The molecule has 1 heterocycles. The molecule has 0 aliphatic rings. The fourth-order valence-corrected chi connectivity index (χ4v) is 2.54.